The van der Waals surface area contributed by atoms with Crippen molar-refractivity contribution in [3.05, 3.63) is 0 Å². The van der Waals surface area contributed by atoms with Crippen LogP contribution in [0.1, 0.15) is 65.7 Å². The van der Waals surface area contributed by atoms with Crippen molar-refractivity contribution in [1.29, 1.82) is 0 Å². The van der Waals surface area contributed by atoms with Gasteiger partial charge in [0.2, 0.25) is 0 Å². The number of cyclic esters (lactones) is 1. The number of hydrogen-bond donors (Lipinski definition) is 0. The molecule has 130 valence electrons. The Morgan fingerprint density at radius 3 is 2.70 bits per heavy atom. The van der Waals surface area contributed by atoms with Crippen molar-refractivity contribution in [3.8, 4) is 0 Å². The average molecular weight is 320 g/mol. The zero-order chi connectivity index (χ0) is 16.2. The van der Waals surface area contributed by atoms with Crippen molar-refractivity contribution < 1.29 is 14.3 Å². The van der Waals surface area contributed by atoms with Gasteiger partial charge in [-0.2, -0.15) is 0 Å². The van der Waals surface area contributed by atoms with E-state index in [1.54, 1.807) is 0 Å². The van der Waals surface area contributed by atoms with Gasteiger partial charge in [0, 0.05) is 0 Å². The molecule has 7 atom stereocenters. The highest BCUT2D eigenvalue weighted by Crippen LogP contribution is 2.62. The molecule has 0 aromatic heterocycles. The molecular weight excluding hydrogens is 288 g/mol. The molecule has 0 N–H and O–H groups in total. The molecule has 7 unspecified atom stereocenters. The molecule has 2 saturated carbocycles. The molecule has 4 rings (SSSR count). The van der Waals surface area contributed by atoms with E-state index in [9.17, 15) is 4.79 Å². The van der Waals surface area contributed by atoms with Gasteiger partial charge < -0.3 is 9.47 Å². The van der Waals surface area contributed by atoms with E-state index in [1.165, 1.54) is 32.1 Å². The van der Waals surface area contributed by atoms with E-state index in [0.717, 1.165) is 31.3 Å². The Kier molecular flexibility index (Phi) is 3.79. The quantitative estimate of drug-likeness (QED) is 0.679. The SMILES string of the molecule is CC1CCCC2(C)C1CCC1(C)OCC(C3CCOC3=O)CC12. The van der Waals surface area contributed by atoms with E-state index in [1.807, 2.05) is 0 Å². The summed E-state index contributed by atoms with van der Waals surface area (Å²) in [7, 11) is 0. The van der Waals surface area contributed by atoms with E-state index >= 15 is 0 Å². The zero-order valence-electron chi connectivity index (χ0n) is 15.0. The first-order valence-electron chi connectivity index (χ1n) is 9.75. The summed E-state index contributed by atoms with van der Waals surface area (Å²) in [5.74, 6) is 2.77. The highest BCUT2D eigenvalue weighted by molar-refractivity contribution is 5.74. The minimum atomic E-state index is 0.0247. The molecule has 2 saturated heterocycles. The molecule has 0 radical (unpaired) electrons. The molecule has 0 bridgehead atoms. The predicted molar refractivity (Wildman–Crippen MR) is 88.9 cm³/mol. The number of ether oxygens (including phenoxy) is 2. The van der Waals surface area contributed by atoms with Gasteiger partial charge in [0.05, 0.1) is 24.7 Å². The summed E-state index contributed by atoms with van der Waals surface area (Å²) < 4.78 is 11.7. The van der Waals surface area contributed by atoms with E-state index in [-0.39, 0.29) is 17.5 Å². The van der Waals surface area contributed by atoms with Crippen LogP contribution in [0.3, 0.4) is 0 Å². The number of rotatable bonds is 1. The summed E-state index contributed by atoms with van der Waals surface area (Å²) in [5.41, 5.74) is 0.424. The molecule has 23 heavy (non-hydrogen) atoms. The van der Waals surface area contributed by atoms with Crippen molar-refractivity contribution in [3.63, 3.8) is 0 Å². The summed E-state index contributed by atoms with van der Waals surface area (Å²) in [6.07, 6.45) is 8.67. The summed E-state index contributed by atoms with van der Waals surface area (Å²) >= 11 is 0. The van der Waals surface area contributed by atoms with Crippen molar-refractivity contribution in [2.75, 3.05) is 13.2 Å². The molecule has 0 aromatic carbocycles. The molecule has 2 aliphatic heterocycles. The molecular formula is C20H32O3. The third-order valence-corrected chi connectivity index (χ3v) is 8.10. The Hall–Kier alpha value is -0.570. The van der Waals surface area contributed by atoms with Gasteiger partial charge in [-0.15, -0.1) is 0 Å². The Morgan fingerprint density at radius 1 is 1.13 bits per heavy atom. The van der Waals surface area contributed by atoms with Crippen LogP contribution in [0.5, 0.6) is 0 Å². The van der Waals surface area contributed by atoms with Crippen LogP contribution < -0.4 is 0 Å². The molecule has 0 aromatic rings. The lowest BCUT2D eigenvalue weighted by Gasteiger charge is -2.62. The standard InChI is InChI=1S/C20H32O3/c1-13-5-4-8-19(2)16(13)6-9-20(3)17(19)11-14(12-23-20)15-7-10-22-18(15)21/h13-17H,4-12H2,1-3H3. The van der Waals surface area contributed by atoms with Gasteiger partial charge in [-0.3, -0.25) is 4.79 Å². The summed E-state index contributed by atoms with van der Waals surface area (Å²) in [6.45, 7) is 8.71. The van der Waals surface area contributed by atoms with Crippen LogP contribution in [-0.4, -0.2) is 24.8 Å². The molecule has 0 spiro atoms. The smallest absolute Gasteiger partial charge is 0.309 e. The summed E-state index contributed by atoms with van der Waals surface area (Å²) in [4.78, 5) is 12.1. The Morgan fingerprint density at radius 2 is 1.96 bits per heavy atom. The third-order valence-electron chi connectivity index (χ3n) is 8.10. The fourth-order valence-electron chi connectivity index (χ4n) is 6.78. The highest BCUT2D eigenvalue weighted by atomic mass is 16.5. The topological polar surface area (TPSA) is 35.5 Å². The monoisotopic (exact) mass is 320 g/mol. The Bertz CT molecular complexity index is 489. The van der Waals surface area contributed by atoms with E-state index < -0.39 is 0 Å². The second-order valence-corrected chi connectivity index (χ2v) is 9.26. The molecule has 4 aliphatic rings. The first-order chi connectivity index (χ1) is 10.9. The number of carbonyl (C=O) groups is 1. The predicted octanol–water partition coefficient (Wildman–Crippen LogP) is 4.20. The zero-order valence-corrected chi connectivity index (χ0v) is 15.0. The maximum atomic E-state index is 12.1. The lowest BCUT2D eigenvalue weighted by molar-refractivity contribution is -0.221. The molecule has 4 fully saturated rings. The van der Waals surface area contributed by atoms with Crippen LogP contribution in [0.2, 0.25) is 0 Å². The largest absolute Gasteiger partial charge is 0.465 e. The molecule has 2 aliphatic carbocycles. The van der Waals surface area contributed by atoms with Gasteiger partial charge in [0.15, 0.2) is 0 Å². The van der Waals surface area contributed by atoms with Crippen LogP contribution in [0.15, 0.2) is 0 Å². The normalized spacial score (nSPS) is 53.3. The molecule has 3 nitrogen and oxygen atoms in total. The molecule has 3 heteroatoms. The number of esters is 1. The van der Waals surface area contributed by atoms with Crippen LogP contribution in [0, 0.1) is 35.0 Å². The maximum Gasteiger partial charge on any atom is 0.309 e. The van der Waals surface area contributed by atoms with Gasteiger partial charge in [-0.1, -0.05) is 26.7 Å². The van der Waals surface area contributed by atoms with E-state index in [2.05, 4.69) is 20.8 Å². The lowest BCUT2D eigenvalue weighted by Crippen LogP contribution is -2.60. The van der Waals surface area contributed by atoms with E-state index in [4.69, 9.17) is 9.47 Å². The van der Waals surface area contributed by atoms with Gasteiger partial charge in [0.25, 0.3) is 0 Å². The van der Waals surface area contributed by atoms with Gasteiger partial charge in [-0.05, 0) is 68.1 Å². The lowest BCUT2D eigenvalue weighted by atomic mass is 9.47. The van der Waals surface area contributed by atoms with Crippen LogP contribution in [0.4, 0.5) is 0 Å². The van der Waals surface area contributed by atoms with Crippen LogP contribution in [-0.2, 0) is 14.3 Å². The highest BCUT2D eigenvalue weighted by Gasteiger charge is 2.59. The first kappa shape index (κ1) is 15.9. The fraction of sp³-hybridized carbons (Fsp3) is 0.950. The summed E-state index contributed by atoms with van der Waals surface area (Å²) in [5, 5.41) is 0. The minimum Gasteiger partial charge on any atom is -0.465 e. The molecule has 2 heterocycles. The van der Waals surface area contributed by atoms with Gasteiger partial charge in [-0.25, -0.2) is 0 Å². The van der Waals surface area contributed by atoms with Crippen molar-refractivity contribution in [2.24, 2.45) is 35.0 Å². The molecule has 0 amide bonds. The first-order valence-corrected chi connectivity index (χ1v) is 9.75. The van der Waals surface area contributed by atoms with Crippen molar-refractivity contribution in [1.82, 2.24) is 0 Å². The minimum absolute atomic E-state index is 0.0247. The van der Waals surface area contributed by atoms with Crippen molar-refractivity contribution in [2.45, 2.75) is 71.3 Å². The van der Waals surface area contributed by atoms with Crippen LogP contribution in [0.25, 0.3) is 0 Å². The van der Waals surface area contributed by atoms with Gasteiger partial charge in [0.1, 0.15) is 0 Å². The second-order valence-electron chi connectivity index (χ2n) is 9.26. The Balaban J connectivity index is 1.61. The van der Waals surface area contributed by atoms with Crippen LogP contribution >= 0.6 is 0 Å². The number of carbonyl (C=O) groups excluding carboxylic acids is 1. The average Bonchev–Trinajstić information content (AvgIpc) is 2.93. The van der Waals surface area contributed by atoms with Gasteiger partial charge >= 0.3 is 5.97 Å². The third kappa shape index (κ3) is 2.37. The second kappa shape index (κ2) is 5.47. The summed E-state index contributed by atoms with van der Waals surface area (Å²) in [6, 6.07) is 0. The number of hydrogen-bond acceptors (Lipinski definition) is 3. The van der Waals surface area contributed by atoms with E-state index in [0.29, 0.717) is 23.9 Å². The maximum absolute atomic E-state index is 12.1. The fourth-order valence-corrected chi connectivity index (χ4v) is 6.78. The number of fused-ring (bicyclic) bond motifs is 3. The Labute approximate surface area is 140 Å². The van der Waals surface area contributed by atoms with Crippen molar-refractivity contribution >= 4 is 5.97 Å².